The van der Waals surface area contributed by atoms with Crippen LogP contribution in [0.4, 0.5) is 0 Å². The monoisotopic (exact) mass is 239 g/mol. The third kappa shape index (κ3) is 3.61. The highest BCUT2D eigenvalue weighted by Gasteiger charge is 2.15. The smallest absolute Gasteiger partial charge is 0.165 e. The Balaban J connectivity index is 2.81. The quantitative estimate of drug-likeness (QED) is 0.741. The van der Waals surface area contributed by atoms with E-state index in [2.05, 4.69) is 6.92 Å². The molecule has 1 unspecified atom stereocenters. The van der Waals surface area contributed by atoms with E-state index in [0.29, 0.717) is 18.1 Å². The van der Waals surface area contributed by atoms with Crippen molar-refractivity contribution in [2.24, 2.45) is 5.73 Å². The summed E-state index contributed by atoms with van der Waals surface area (Å²) in [6.07, 6.45) is 0.988. The maximum Gasteiger partial charge on any atom is 0.165 e. The van der Waals surface area contributed by atoms with E-state index < -0.39 is 0 Å². The van der Waals surface area contributed by atoms with E-state index in [9.17, 15) is 0 Å². The molecule has 0 fully saturated rings. The standard InChI is InChI=1S/C13H21NO3/c1-4-8-17-9-11(14)10-6-5-7-12(15-2)13(10)16-3/h5-7,11H,4,8-9,14H2,1-3H3. The van der Waals surface area contributed by atoms with Gasteiger partial charge in [0.05, 0.1) is 26.9 Å². The van der Waals surface area contributed by atoms with Gasteiger partial charge in [-0.2, -0.15) is 0 Å². The van der Waals surface area contributed by atoms with E-state index in [1.165, 1.54) is 0 Å². The van der Waals surface area contributed by atoms with E-state index in [0.717, 1.165) is 18.6 Å². The fourth-order valence-electron chi connectivity index (χ4n) is 1.65. The zero-order valence-corrected chi connectivity index (χ0v) is 10.7. The Morgan fingerprint density at radius 2 is 2.00 bits per heavy atom. The molecule has 0 amide bonds. The van der Waals surface area contributed by atoms with Crippen molar-refractivity contribution in [1.82, 2.24) is 0 Å². The zero-order valence-electron chi connectivity index (χ0n) is 10.7. The van der Waals surface area contributed by atoms with E-state index in [4.69, 9.17) is 19.9 Å². The average molecular weight is 239 g/mol. The zero-order chi connectivity index (χ0) is 12.7. The van der Waals surface area contributed by atoms with Crippen LogP contribution in [-0.4, -0.2) is 27.4 Å². The van der Waals surface area contributed by atoms with Gasteiger partial charge in [-0.05, 0) is 12.5 Å². The first-order chi connectivity index (χ1) is 8.24. The van der Waals surface area contributed by atoms with Gasteiger partial charge in [0.15, 0.2) is 11.5 Å². The van der Waals surface area contributed by atoms with Crippen molar-refractivity contribution in [3.8, 4) is 11.5 Å². The molecule has 4 heteroatoms. The molecule has 0 radical (unpaired) electrons. The number of benzene rings is 1. The van der Waals surface area contributed by atoms with Crippen LogP contribution in [0.5, 0.6) is 11.5 Å². The Hall–Kier alpha value is -1.26. The summed E-state index contributed by atoms with van der Waals surface area (Å²) in [5.41, 5.74) is 6.98. The van der Waals surface area contributed by atoms with Crippen LogP contribution in [0.2, 0.25) is 0 Å². The first-order valence-electron chi connectivity index (χ1n) is 5.78. The minimum Gasteiger partial charge on any atom is -0.493 e. The van der Waals surface area contributed by atoms with E-state index in [-0.39, 0.29) is 6.04 Å². The molecule has 2 N–H and O–H groups in total. The lowest BCUT2D eigenvalue weighted by molar-refractivity contribution is 0.121. The van der Waals surface area contributed by atoms with Gasteiger partial charge in [-0.15, -0.1) is 0 Å². The van der Waals surface area contributed by atoms with Gasteiger partial charge in [-0.1, -0.05) is 19.1 Å². The molecule has 4 nitrogen and oxygen atoms in total. The summed E-state index contributed by atoms with van der Waals surface area (Å²) in [5.74, 6) is 1.37. The molecule has 1 aromatic carbocycles. The van der Waals surface area contributed by atoms with Crippen LogP contribution in [0.3, 0.4) is 0 Å². The van der Waals surface area contributed by atoms with Crippen LogP contribution < -0.4 is 15.2 Å². The van der Waals surface area contributed by atoms with Gasteiger partial charge in [0.1, 0.15) is 0 Å². The highest BCUT2D eigenvalue weighted by molar-refractivity contribution is 5.48. The number of hydrogen-bond donors (Lipinski definition) is 1. The van der Waals surface area contributed by atoms with Gasteiger partial charge < -0.3 is 19.9 Å². The maximum absolute atomic E-state index is 6.08. The predicted octanol–water partition coefficient (Wildman–Crippen LogP) is 2.13. The lowest BCUT2D eigenvalue weighted by Gasteiger charge is -2.17. The normalized spacial score (nSPS) is 12.2. The van der Waals surface area contributed by atoms with Crippen molar-refractivity contribution in [2.75, 3.05) is 27.4 Å². The second kappa shape index (κ2) is 7.14. The molecule has 96 valence electrons. The summed E-state index contributed by atoms with van der Waals surface area (Å²) in [5, 5.41) is 0. The first-order valence-corrected chi connectivity index (χ1v) is 5.78. The molecule has 0 aliphatic carbocycles. The van der Waals surface area contributed by atoms with E-state index in [1.807, 2.05) is 18.2 Å². The molecular formula is C13H21NO3. The van der Waals surface area contributed by atoms with Crippen LogP contribution >= 0.6 is 0 Å². The molecular weight excluding hydrogens is 218 g/mol. The lowest BCUT2D eigenvalue weighted by Crippen LogP contribution is -2.18. The highest BCUT2D eigenvalue weighted by atomic mass is 16.5. The SMILES string of the molecule is CCCOCC(N)c1cccc(OC)c1OC. The van der Waals surface area contributed by atoms with Crippen molar-refractivity contribution in [3.63, 3.8) is 0 Å². The van der Waals surface area contributed by atoms with E-state index >= 15 is 0 Å². The first kappa shape index (κ1) is 13.8. The number of ether oxygens (including phenoxy) is 3. The molecule has 0 saturated carbocycles. The van der Waals surface area contributed by atoms with Crippen molar-refractivity contribution in [1.29, 1.82) is 0 Å². The summed E-state index contributed by atoms with van der Waals surface area (Å²) >= 11 is 0. The molecule has 0 bridgehead atoms. The topological polar surface area (TPSA) is 53.7 Å². The molecule has 0 aliphatic rings. The van der Waals surface area contributed by atoms with Crippen molar-refractivity contribution in [3.05, 3.63) is 23.8 Å². The van der Waals surface area contributed by atoms with Crippen LogP contribution in [0, 0.1) is 0 Å². The van der Waals surface area contributed by atoms with Crippen molar-refractivity contribution in [2.45, 2.75) is 19.4 Å². The molecule has 17 heavy (non-hydrogen) atoms. The van der Waals surface area contributed by atoms with Crippen molar-refractivity contribution < 1.29 is 14.2 Å². The Kier molecular flexibility index (Phi) is 5.80. The summed E-state index contributed by atoms with van der Waals surface area (Å²) in [6.45, 7) is 3.27. The summed E-state index contributed by atoms with van der Waals surface area (Å²) in [6, 6.07) is 5.48. The predicted molar refractivity (Wildman–Crippen MR) is 67.6 cm³/mol. The number of nitrogens with two attached hydrogens (primary N) is 1. The van der Waals surface area contributed by atoms with Gasteiger partial charge in [-0.3, -0.25) is 0 Å². The average Bonchev–Trinajstić information content (AvgIpc) is 2.37. The Morgan fingerprint density at radius 1 is 1.24 bits per heavy atom. The second-order valence-electron chi connectivity index (χ2n) is 3.76. The molecule has 0 spiro atoms. The van der Waals surface area contributed by atoms with Crippen LogP contribution in [0.15, 0.2) is 18.2 Å². The minimum absolute atomic E-state index is 0.202. The second-order valence-corrected chi connectivity index (χ2v) is 3.76. The molecule has 1 rings (SSSR count). The summed E-state index contributed by atoms with van der Waals surface area (Å²) in [7, 11) is 3.22. The van der Waals surface area contributed by atoms with Gasteiger partial charge in [0.2, 0.25) is 0 Å². The Labute approximate surface area is 103 Å². The molecule has 0 saturated heterocycles. The fraction of sp³-hybridized carbons (Fsp3) is 0.538. The van der Waals surface area contributed by atoms with Gasteiger partial charge in [-0.25, -0.2) is 0 Å². The highest BCUT2D eigenvalue weighted by Crippen LogP contribution is 2.33. The van der Waals surface area contributed by atoms with Crippen LogP contribution in [0.1, 0.15) is 24.9 Å². The molecule has 1 aromatic rings. The summed E-state index contributed by atoms with van der Waals surface area (Å²) < 4.78 is 16.0. The number of para-hydroxylation sites is 1. The third-order valence-corrected chi connectivity index (χ3v) is 2.48. The third-order valence-electron chi connectivity index (χ3n) is 2.48. The lowest BCUT2D eigenvalue weighted by atomic mass is 10.1. The molecule has 0 heterocycles. The number of rotatable bonds is 7. The fourth-order valence-corrected chi connectivity index (χ4v) is 1.65. The number of hydrogen-bond acceptors (Lipinski definition) is 4. The van der Waals surface area contributed by atoms with Gasteiger partial charge >= 0.3 is 0 Å². The van der Waals surface area contributed by atoms with Gasteiger partial charge in [0.25, 0.3) is 0 Å². The summed E-state index contributed by atoms with van der Waals surface area (Å²) in [4.78, 5) is 0. The van der Waals surface area contributed by atoms with Crippen molar-refractivity contribution >= 4 is 0 Å². The van der Waals surface area contributed by atoms with Crippen LogP contribution in [0.25, 0.3) is 0 Å². The molecule has 0 aromatic heterocycles. The maximum atomic E-state index is 6.08. The van der Waals surface area contributed by atoms with E-state index in [1.54, 1.807) is 14.2 Å². The van der Waals surface area contributed by atoms with Crippen LogP contribution in [-0.2, 0) is 4.74 Å². The Morgan fingerprint density at radius 3 is 2.59 bits per heavy atom. The number of methoxy groups -OCH3 is 2. The Bertz CT molecular complexity index is 341. The molecule has 0 aliphatic heterocycles. The largest absolute Gasteiger partial charge is 0.493 e. The minimum atomic E-state index is -0.202. The molecule has 1 atom stereocenters. The van der Waals surface area contributed by atoms with Gasteiger partial charge in [0, 0.05) is 12.2 Å².